The predicted molar refractivity (Wildman–Crippen MR) is 93.2 cm³/mol. The summed E-state index contributed by atoms with van der Waals surface area (Å²) in [6.07, 6.45) is 3.32. The van der Waals surface area contributed by atoms with E-state index in [2.05, 4.69) is 32.0 Å². The van der Waals surface area contributed by atoms with Gasteiger partial charge in [-0.15, -0.1) is 0 Å². The lowest BCUT2D eigenvalue weighted by atomic mass is 10.2. The molecular weight excluding hydrogens is 302 g/mol. The third-order valence-corrected chi connectivity index (χ3v) is 4.44. The Balaban J connectivity index is 1.46. The molecule has 0 aliphatic carbocycles. The number of nitrogens with zero attached hydrogens (tertiary/aromatic N) is 4. The van der Waals surface area contributed by atoms with Crippen molar-refractivity contribution < 1.29 is 4.79 Å². The summed E-state index contributed by atoms with van der Waals surface area (Å²) in [7, 11) is 0. The lowest BCUT2D eigenvalue weighted by Gasteiger charge is -2.36. The van der Waals surface area contributed by atoms with E-state index in [0.29, 0.717) is 5.56 Å². The number of H-pyrrole nitrogens is 1. The van der Waals surface area contributed by atoms with E-state index in [1.165, 1.54) is 5.69 Å². The third-order valence-electron chi connectivity index (χ3n) is 4.44. The number of nitrogens with one attached hydrogen (secondary N) is 1. The molecule has 0 spiro atoms. The van der Waals surface area contributed by atoms with Gasteiger partial charge in [-0.2, -0.15) is 0 Å². The van der Waals surface area contributed by atoms with Gasteiger partial charge >= 0.3 is 0 Å². The molecule has 0 bridgehead atoms. The molecule has 4 rings (SSSR count). The van der Waals surface area contributed by atoms with Crippen LogP contribution in [0.4, 0.5) is 5.69 Å². The van der Waals surface area contributed by atoms with Crippen LogP contribution in [0.3, 0.4) is 0 Å². The van der Waals surface area contributed by atoms with E-state index in [1.54, 1.807) is 24.5 Å². The smallest absolute Gasteiger partial charge is 0.254 e. The van der Waals surface area contributed by atoms with E-state index in [4.69, 9.17) is 0 Å². The van der Waals surface area contributed by atoms with Gasteiger partial charge in [-0.25, -0.2) is 4.98 Å². The number of aromatic amines is 1. The fraction of sp³-hybridized carbons (Fsp3) is 0.278. The molecule has 3 heterocycles. The van der Waals surface area contributed by atoms with Crippen LogP contribution in [0.2, 0.25) is 0 Å². The molecule has 122 valence electrons. The van der Waals surface area contributed by atoms with Crippen molar-refractivity contribution in [3.63, 3.8) is 0 Å². The summed E-state index contributed by atoms with van der Waals surface area (Å²) >= 11 is 0. The second kappa shape index (κ2) is 5.96. The number of amides is 1. The Morgan fingerprint density at radius 2 is 1.83 bits per heavy atom. The summed E-state index contributed by atoms with van der Waals surface area (Å²) < 4.78 is 0. The standard InChI is InChI=1S/C18H19N5O/c1-13-20-16-3-2-15(12-17(16)21-13)22-8-10-23(11-9-22)18(24)14-4-6-19-7-5-14/h2-7,12H,8-11H2,1H3,(H,20,21). The second-order valence-corrected chi connectivity index (χ2v) is 6.04. The fourth-order valence-corrected chi connectivity index (χ4v) is 3.17. The topological polar surface area (TPSA) is 65.1 Å². The number of carbonyl (C=O) groups is 1. The first-order chi connectivity index (χ1) is 11.7. The highest BCUT2D eigenvalue weighted by Gasteiger charge is 2.22. The van der Waals surface area contributed by atoms with E-state index in [0.717, 1.165) is 43.0 Å². The molecule has 1 amide bonds. The van der Waals surface area contributed by atoms with Crippen molar-refractivity contribution in [2.24, 2.45) is 0 Å². The number of hydrogen-bond acceptors (Lipinski definition) is 4. The maximum Gasteiger partial charge on any atom is 0.254 e. The summed E-state index contributed by atoms with van der Waals surface area (Å²) in [5, 5.41) is 0. The maximum atomic E-state index is 12.5. The van der Waals surface area contributed by atoms with Crippen LogP contribution < -0.4 is 4.90 Å². The SMILES string of the molecule is Cc1nc2ccc(N3CCN(C(=O)c4ccncc4)CC3)cc2[nH]1. The lowest BCUT2D eigenvalue weighted by Crippen LogP contribution is -2.48. The minimum absolute atomic E-state index is 0.0803. The van der Waals surface area contributed by atoms with Crippen molar-refractivity contribution in [1.82, 2.24) is 19.9 Å². The van der Waals surface area contributed by atoms with Crippen molar-refractivity contribution in [2.45, 2.75) is 6.92 Å². The van der Waals surface area contributed by atoms with Gasteiger partial charge in [0, 0.05) is 49.8 Å². The molecule has 1 fully saturated rings. The van der Waals surface area contributed by atoms with Gasteiger partial charge < -0.3 is 14.8 Å². The molecule has 1 aromatic carbocycles. The van der Waals surface area contributed by atoms with E-state index in [-0.39, 0.29) is 5.91 Å². The van der Waals surface area contributed by atoms with Crippen LogP contribution in [0.1, 0.15) is 16.2 Å². The lowest BCUT2D eigenvalue weighted by molar-refractivity contribution is 0.0746. The number of rotatable bonds is 2. The molecule has 1 aliphatic rings. The Morgan fingerprint density at radius 3 is 2.58 bits per heavy atom. The Labute approximate surface area is 140 Å². The zero-order chi connectivity index (χ0) is 16.5. The van der Waals surface area contributed by atoms with E-state index in [9.17, 15) is 4.79 Å². The fourth-order valence-electron chi connectivity index (χ4n) is 3.17. The van der Waals surface area contributed by atoms with Crippen LogP contribution in [0.15, 0.2) is 42.7 Å². The molecule has 0 atom stereocenters. The minimum atomic E-state index is 0.0803. The van der Waals surface area contributed by atoms with E-state index in [1.807, 2.05) is 17.9 Å². The highest BCUT2D eigenvalue weighted by atomic mass is 16.2. The molecule has 0 saturated carbocycles. The summed E-state index contributed by atoms with van der Waals surface area (Å²) in [6, 6.07) is 9.81. The van der Waals surface area contributed by atoms with Crippen LogP contribution >= 0.6 is 0 Å². The van der Waals surface area contributed by atoms with Gasteiger partial charge in [0.15, 0.2) is 0 Å². The zero-order valence-electron chi connectivity index (χ0n) is 13.6. The largest absolute Gasteiger partial charge is 0.368 e. The molecule has 6 heteroatoms. The van der Waals surface area contributed by atoms with Gasteiger partial charge in [-0.3, -0.25) is 9.78 Å². The highest BCUT2D eigenvalue weighted by molar-refractivity contribution is 5.94. The average molecular weight is 321 g/mol. The minimum Gasteiger partial charge on any atom is -0.368 e. The van der Waals surface area contributed by atoms with Crippen LogP contribution in [0.5, 0.6) is 0 Å². The molecule has 3 aromatic rings. The van der Waals surface area contributed by atoms with Gasteiger partial charge in [0.05, 0.1) is 11.0 Å². The van der Waals surface area contributed by atoms with Gasteiger partial charge in [-0.1, -0.05) is 0 Å². The number of aromatic nitrogens is 3. The van der Waals surface area contributed by atoms with Gasteiger partial charge in [0.1, 0.15) is 5.82 Å². The average Bonchev–Trinajstić information content (AvgIpc) is 3.01. The molecule has 1 N–H and O–H groups in total. The monoisotopic (exact) mass is 321 g/mol. The number of imidazole rings is 1. The zero-order valence-corrected chi connectivity index (χ0v) is 13.6. The van der Waals surface area contributed by atoms with Crippen LogP contribution in [0.25, 0.3) is 11.0 Å². The molecule has 0 unspecified atom stereocenters. The highest BCUT2D eigenvalue weighted by Crippen LogP contribution is 2.22. The number of anilines is 1. The van der Waals surface area contributed by atoms with Crippen LogP contribution in [0, 0.1) is 6.92 Å². The van der Waals surface area contributed by atoms with Crippen molar-refractivity contribution in [3.05, 3.63) is 54.1 Å². The van der Waals surface area contributed by atoms with Gasteiger partial charge in [0.2, 0.25) is 0 Å². The first kappa shape index (κ1) is 14.7. The molecule has 24 heavy (non-hydrogen) atoms. The van der Waals surface area contributed by atoms with Crippen molar-refractivity contribution in [1.29, 1.82) is 0 Å². The quantitative estimate of drug-likeness (QED) is 0.786. The maximum absolute atomic E-state index is 12.5. The van der Waals surface area contributed by atoms with Crippen LogP contribution in [-0.2, 0) is 0 Å². The Kier molecular flexibility index (Phi) is 3.65. The molecule has 2 aromatic heterocycles. The second-order valence-electron chi connectivity index (χ2n) is 6.04. The van der Waals surface area contributed by atoms with Crippen molar-refractivity contribution >= 4 is 22.6 Å². The Morgan fingerprint density at radius 1 is 1.08 bits per heavy atom. The normalized spacial score (nSPS) is 15.0. The summed E-state index contributed by atoms with van der Waals surface area (Å²) in [5.41, 5.74) is 3.91. The van der Waals surface area contributed by atoms with Crippen LogP contribution in [-0.4, -0.2) is 51.9 Å². The number of benzene rings is 1. The number of carbonyl (C=O) groups excluding carboxylic acids is 1. The van der Waals surface area contributed by atoms with Crippen molar-refractivity contribution in [3.8, 4) is 0 Å². The number of piperazine rings is 1. The van der Waals surface area contributed by atoms with Gasteiger partial charge in [-0.05, 0) is 37.3 Å². The molecule has 1 aliphatic heterocycles. The summed E-state index contributed by atoms with van der Waals surface area (Å²) in [6.45, 7) is 5.07. The first-order valence-electron chi connectivity index (χ1n) is 8.11. The first-order valence-corrected chi connectivity index (χ1v) is 8.11. The molecule has 1 saturated heterocycles. The van der Waals surface area contributed by atoms with Gasteiger partial charge in [0.25, 0.3) is 5.91 Å². The summed E-state index contributed by atoms with van der Waals surface area (Å²) in [4.78, 5) is 28.4. The van der Waals surface area contributed by atoms with E-state index < -0.39 is 0 Å². The molecular formula is C18H19N5O. The number of aryl methyl sites for hydroxylation is 1. The number of hydrogen-bond donors (Lipinski definition) is 1. The third kappa shape index (κ3) is 2.71. The van der Waals surface area contributed by atoms with Crippen molar-refractivity contribution in [2.75, 3.05) is 31.1 Å². The number of fused-ring (bicyclic) bond motifs is 1. The Hall–Kier alpha value is -2.89. The molecule has 6 nitrogen and oxygen atoms in total. The summed E-state index contributed by atoms with van der Waals surface area (Å²) in [5.74, 6) is 1.01. The molecule has 0 radical (unpaired) electrons. The predicted octanol–water partition coefficient (Wildman–Crippen LogP) is 2.23. The Bertz CT molecular complexity index is 866. The van der Waals surface area contributed by atoms with E-state index >= 15 is 0 Å². The number of pyridine rings is 1.